The first-order valence-electron chi connectivity index (χ1n) is 14.7. The molecule has 4 aromatic heterocycles. The smallest absolute Gasteiger partial charge is 0.408 e. The van der Waals surface area contributed by atoms with Gasteiger partial charge in [0.15, 0.2) is 0 Å². The lowest BCUT2D eigenvalue weighted by atomic mass is 10.0. The second-order valence-corrected chi connectivity index (χ2v) is 12.4. The number of fused-ring (bicyclic) bond motifs is 1. The molecule has 44 heavy (non-hydrogen) atoms. The van der Waals surface area contributed by atoms with Crippen molar-refractivity contribution in [3.8, 4) is 28.6 Å². The van der Waals surface area contributed by atoms with Gasteiger partial charge in [-0.25, -0.2) is 19.3 Å². The van der Waals surface area contributed by atoms with E-state index in [9.17, 15) is 14.9 Å². The molecule has 13 nitrogen and oxygen atoms in total. The average Bonchev–Trinajstić information content (AvgIpc) is 3.61. The summed E-state index contributed by atoms with van der Waals surface area (Å²) in [5.41, 5.74) is 3.24. The van der Waals surface area contributed by atoms with Gasteiger partial charge in [0.25, 0.3) is 0 Å². The van der Waals surface area contributed by atoms with Crippen LogP contribution < -0.4 is 10.2 Å². The van der Waals surface area contributed by atoms with Crippen molar-refractivity contribution in [2.24, 2.45) is 13.0 Å². The first-order chi connectivity index (χ1) is 20.9. The van der Waals surface area contributed by atoms with E-state index >= 15 is 0 Å². The van der Waals surface area contributed by atoms with Crippen LogP contribution in [0.5, 0.6) is 0 Å². The highest BCUT2D eigenvalue weighted by atomic mass is 16.6. The molecular weight excluding hydrogens is 560 g/mol. The SMILES string of the molecule is CC(C)C[C@@H](NC(=O)OC(C)(C)C)C(=O)N1CCN(c2ccc(-c3nc(-c4cnn(C)c4)cn4ncc(C#N)c34)cn2)CC1. The predicted octanol–water partition coefficient (Wildman–Crippen LogP) is 3.65. The van der Waals surface area contributed by atoms with Crippen LogP contribution in [0.2, 0.25) is 0 Å². The summed E-state index contributed by atoms with van der Waals surface area (Å²) in [4.78, 5) is 39.4. The number of amides is 2. The number of nitrogens with zero attached hydrogens (tertiary/aromatic N) is 9. The number of alkyl carbamates (subject to hydrolysis) is 1. The molecule has 1 atom stereocenters. The summed E-state index contributed by atoms with van der Waals surface area (Å²) >= 11 is 0. The standard InChI is InChI=1S/C31H38N10O3/c1-20(2)13-24(37-30(43)44-31(3,4)5)29(42)40-11-9-39(10-12-40)26-8-7-21(15-33-26)27-28-22(14-32)16-35-41(28)19-25(36-27)23-17-34-38(6)18-23/h7-8,15-20,24H,9-13H2,1-6H3,(H,37,43)/t24-/m1/s1. The van der Waals surface area contributed by atoms with E-state index in [1.165, 1.54) is 6.20 Å². The fourth-order valence-corrected chi connectivity index (χ4v) is 5.22. The van der Waals surface area contributed by atoms with E-state index in [1.54, 1.807) is 53.5 Å². The van der Waals surface area contributed by atoms with Crippen LogP contribution in [0.3, 0.4) is 0 Å². The van der Waals surface area contributed by atoms with Crippen molar-refractivity contribution in [1.82, 2.24) is 39.6 Å². The van der Waals surface area contributed by atoms with Crippen LogP contribution in [0.4, 0.5) is 10.6 Å². The van der Waals surface area contributed by atoms with Crippen molar-refractivity contribution in [2.45, 2.75) is 52.7 Å². The molecule has 0 aromatic carbocycles. The Balaban J connectivity index is 1.30. The number of nitriles is 1. The van der Waals surface area contributed by atoms with Gasteiger partial charge in [0.05, 0.1) is 30.0 Å². The molecule has 0 radical (unpaired) electrons. The Hall–Kier alpha value is -4.99. The van der Waals surface area contributed by atoms with Gasteiger partial charge in [0.1, 0.15) is 34.6 Å². The number of rotatable bonds is 7. The van der Waals surface area contributed by atoms with Crippen molar-refractivity contribution < 1.29 is 14.3 Å². The van der Waals surface area contributed by atoms with Crippen LogP contribution in [-0.2, 0) is 16.6 Å². The van der Waals surface area contributed by atoms with Crippen LogP contribution in [0.15, 0.2) is 43.1 Å². The molecule has 0 bridgehead atoms. The molecule has 1 aliphatic rings. The summed E-state index contributed by atoms with van der Waals surface area (Å²) in [6, 6.07) is 5.42. The van der Waals surface area contributed by atoms with E-state index < -0.39 is 17.7 Å². The lowest BCUT2D eigenvalue weighted by molar-refractivity contribution is -0.134. The third-order valence-corrected chi connectivity index (χ3v) is 7.25. The predicted molar refractivity (Wildman–Crippen MR) is 165 cm³/mol. The molecule has 13 heteroatoms. The Morgan fingerprint density at radius 1 is 1.05 bits per heavy atom. The fourth-order valence-electron chi connectivity index (χ4n) is 5.22. The maximum Gasteiger partial charge on any atom is 0.408 e. The number of ether oxygens (including phenoxy) is 1. The van der Waals surface area contributed by atoms with Crippen LogP contribution in [0.25, 0.3) is 28.0 Å². The molecule has 1 saturated heterocycles. The minimum absolute atomic E-state index is 0.106. The molecule has 5 heterocycles. The van der Waals surface area contributed by atoms with E-state index in [-0.39, 0.29) is 11.8 Å². The normalized spacial score (nSPS) is 14.5. The summed E-state index contributed by atoms with van der Waals surface area (Å²) in [6.45, 7) is 11.6. The number of pyridine rings is 1. The summed E-state index contributed by atoms with van der Waals surface area (Å²) in [5.74, 6) is 0.889. The van der Waals surface area contributed by atoms with Gasteiger partial charge in [-0.15, -0.1) is 0 Å². The highest BCUT2D eigenvalue weighted by molar-refractivity contribution is 5.86. The highest BCUT2D eigenvalue weighted by Gasteiger charge is 2.31. The zero-order valence-electron chi connectivity index (χ0n) is 26.0. The summed E-state index contributed by atoms with van der Waals surface area (Å²) in [7, 11) is 1.84. The minimum atomic E-state index is -0.651. The molecule has 4 aromatic rings. The third kappa shape index (κ3) is 6.80. The van der Waals surface area contributed by atoms with E-state index in [0.717, 1.165) is 16.9 Å². The molecule has 1 aliphatic heterocycles. The van der Waals surface area contributed by atoms with Gasteiger partial charge >= 0.3 is 6.09 Å². The van der Waals surface area contributed by atoms with Crippen LogP contribution in [-0.4, -0.2) is 84.1 Å². The minimum Gasteiger partial charge on any atom is -0.444 e. The first-order valence-corrected chi connectivity index (χ1v) is 14.7. The first kappa shape index (κ1) is 30.5. The quantitative estimate of drug-likeness (QED) is 0.337. The number of aryl methyl sites for hydroxylation is 1. The average molecular weight is 599 g/mol. The van der Waals surface area contributed by atoms with Crippen molar-refractivity contribution in [2.75, 3.05) is 31.1 Å². The van der Waals surface area contributed by atoms with Crippen LogP contribution in [0, 0.1) is 17.2 Å². The van der Waals surface area contributed by atoms with Crippen LogP contribution in [0.1, 0.15) is 46.6 Å². The van der Waals surface area contributed by atoms with Gasteiger partial charge in [-0.2, -0.15) is 15.5 Å². The van der Waals surface area contributed by atoms with Crippen LogP contribution >= 0.6 is 0 Å². The van der Waals surface area contributed by atoms with E-state index in [1.807, 2.05) is 39.2 Å². The molecule has 1 fully saturated rings. The Labute approximate surface area is 256 Å². The highest BCUT2D eigenvalue weighted by Crippen LogP contribution is 2.29. The monoisotopic (exact) mass is 598 g/mol. The maximum absolute atomic E-state index is 13.4. The third-order valence-electron chi connectivity index (χ3n) is 7.25. The largest absolute Gasteiger partial charge is 0.444 e. The number of carbonyl (C=O) groups is 2. The van der Waals surface area contributed by atoms with Gasteiger partial charge in [-0.05, 0) is 45.2 Å². The second-order valence-electron chi connectivity index (χ2n) is 12.4. The van der Waals surface area contributed by atoms with E-state index in [2.05, 4.69) is 26.5 Å². The topological polar surface area (TPSA) is 147 Å². The fraction of sp³-hybridized carbons (Fsp3) is 0.452. The molecule has 1 N–H and O–H groups in total. The Kier molecular flexibility index (Phi) is 8.53. The van der Waals surface area contributed by atoms with Gasteiger partial charge in [-0.3, -0.25) is 9.48 Å². The molecule has 0 aliphatic carbocycles. The molecule has 5 rings (SSSR count). The summed E-state index contributed by atoms with van der Waals surface area (Å²) in [6.07, 6.45) is 8.61. The number of carbonyl (C=O) groups excluding carboxylic acids is 2. The van der Waals surface area contributed by atoms with Crippen molar-refractivity contribution >= 4 is 23.3 Å². The molecule has 0 unspecified atom stereocenters. The Bertz CT molecular complexity index is 1690. The molecular formula is C31H38N10O3. The number of nitrogens with one attached hydrogen (secondary N) is 1. The molecule has 2 amide bonds. The summed E-state index contributed by atoms with van der Waals surface area (Å²) in [5, 5.41) is 21.1. The lowest BCUT2D eigenvalue weighted by Crippen LogP contribution is -2.55. The zero-order chi connectivity index (χ0) is 31.6. The van der Waals surface area contributed by atoms with Crippen molar-refractivity contribution in [3.63, 3.8) is 0 Å². The summed E-state index contributed by atoms with van der Waals surface area (Å²) < 4.78 is 8.77. The molecule has 230 valence electrons. The number of anilines is 1. The van der Waals surface area contributed by atoms with Gasteiger partial charge in [0, 0.05) is 56.7 Å². The maximum atomic E-state index is 13.4. The van der Waals surface area contributed by atoms with Gasteiger partial charge < -0.3 is 19.9 Å². The number of piperazine rings is 1. The van der Waals surface area contributed by atoms with E-state index in [4.69, 9.17) is 14.7 Å². The molecule has 0 spiro atoms. The van der Waals surface area contributed by atoms with Crippen molar-refractivity contribution in [1.29, 1.82) is 5.26 Å². The number of hydrogen-bond acceptors (Lipinski definition) is 9. The number of aromatic nitrogens is 6. The molecule has 0 saturated carbocycles. The van der Waals surface area contributed by atoms with E-state index in [0.29, 0.717) is 55.1 Å². The zero-order valence-corrected chi connectivity index (χ0v) is 26.0. The number of hydrogen-bond donors (Lipinski definition) is 1. The Morgan fingerprint density at radius 2 is 1.80 bits per heavy atom. The lowest BCUT2D eigenvalue weighted by Gasteiger charge is -2.37. The second kappa shape index (κ2) is 12.3. The van der Waals surface area contributed by atoms with Gasteiger partial charge in [0.2, 0.25) is 5.91 Å². The van der Waals surface area contributed by atoms with Crippen molar-refractivity contribution in [3.05, 3.63) is 48.7 Å². The Morgan fingerprint density at radius 3 is 2.39 bits per heavy atom. The van der Waals surface area contributed by atoms with Gasteiger partial charge in [-0.1, -0.05) is 13.8 Å².